The average molecular weight is 375 g/mol. The molecule has 0 unspecified atom stereocenters. The summed E-state index contributed by atoms with van der Waals surface area (Å²) in [6, 6.07) is 15.1. The van der Waals surface area contributed by atoms with Crippen LogP contribution in [0.25, 0.3) is 5.69 Å². The second-order valence-electron chi connectivity index (χ2n) is 7.68. The van der Waals surface area contributed by atoms with Crippen molar-refractivity contribution in [3.63, 3.8) is 0 Å². The van der Waals surface area contributed by atoms with Gasteiger partial charge in [-0.2, -0.15) is 0 Å². The van der Waals surface area contributed by atoms with Crippen LogP contribution in [0.3, 0.4) is 0 Å². The van der Waals surface area contributed by atoms with Crippen molar-refractivity contribution in [2.24, 2.45) is 5.92 Å². The third-order valence-corrected chi connectivity index (χ3v) is 5.86. The van der Waals surface area contributed by atoms with E-state index in [2.05, 4.69) is 10.3 Å². The van der Waals surface area contributed by atoms with Gasteiger partial charge >= 0.3 is 0 Å². The highest BCUT2D eigenvalue weighted by Gasteiger charge is 2.37. The molecule has 1 aromatic carbocycles. The Morgan fingerprint density at radius 3 is 2.68 bits per heavy atom. The van der Waals surface area contributed by atoms with Gasteiger partial charge in [0.1, 0.15) is 0 Å². The van der Waals surface area contributed by atoms with Crippen LogP contribution in [0.4, 0.5) is 0 Å². The molecule has 0 radical (unpaired) electrons. The number of nitrogens with zero attached hydrogens (tertiary/aromatic N) is 5. The van der Waals surface area contributed by atoms with Gasteiger partial charge in [0.15, 0.2) is 5.69 Å². The molecule has 0 aliphatic carbocycles. The summed E-state index contributed by atoms with van der Waals surface area (Å²) < 4.78 is 3.57. The van der Waals surface area contributed by atoms with Crippen LogP contribution in [0.1, 0.15) is 34.2 Å². The molecule has 2 bridgehead atoms. The van der Waals surface area contributed by atoms with Crippen molar-refractivity contribution < 1.29 is 4.79 Å². The summed E-state index contributed by atoms with van der Waals surface area (Å²) in [6.07, 6.45) is 1.02. The first-order valence-corrected chi connectivity index (χ1v) is 9.58. The Morgan fingerprint density at radius 1 is 1.04 bits per heavy atom. The Morgan fingerprint density at radius 2 is 1.86 bits per heavy atom. The molecule has 0 spiro atoms. The standard InChI is InChI=1S/C21H21N5O2/c1-14-20(22-23-26(14)17-6-3-2-4-7-17)21(28)24-11-15-10-16(13-24)18-8-5-9-19(27)25(18)12-15/h2-9,15-16H,10-13H2,1H3/t15-,16-/m1/s1. The number of amides is 1. The van der Waals surface area contributed by atoms with Gasteiger partial charge in [-0.05, 0) is 37.5 Å². The van der Waals surface area contributed by atoms with Crippen molar-refractivity contribution in [1.29, 1.82) is 0 Å². The SMILES string of the molecule is Cc1c(C(=O)N2C[C@H]3C[C@H](C2)c2cccc(=O)n2C3)nnn1-c1ccccc1. The number of rotatable bonds is 2. The smallest absolute Gasteiger partial charge is 0.276 e. The first-order valence-electron chi connectivity index (χ1n) is 9.58. The number of carbonyl (C=O) groups is 1. The van der Waals surface area contributed by atoms with Crippen molar-refractivity contribution in [2.45, 2.75) is 25.8 Å². The zero-order chi connectivity index (χ0) is 19.3. The highest BCUT2D eigenvalue weighted by Crippen LogP contribution is 2.35. The molecule has 1 amide bonds. The van der Waals surface area contributed by atoms with Crippen molar-refractivity contribution in [1.82, 2.24) is 24.5 Å². The predicted molar refractivity (Wildman–Crippen MR) is 104 cm³/mol. The lowest BCUT2D eigenvalue weighted by Gasteiger charge is -2.42. The van der Waals surface area contributed by atoms with E-state index in [1.807, 2.05) is 58.9 Å². The molecule has 4 heterocycles. The van der Waals surface area contributed by atoms with E-state index in [-0.39, 0.29) is 17.4 Å². The molecule has 142 valence electrons. The van der Waals surface area contributed by atoms with Crippen LogP contribution in [0.15, 0.2) is 53.3 Å². The lowest BCUT2D eigenvalue weighted by atomic mass is 9.83. The summed E-state index contributed by atoms with van der Waals surface area (Å²) in [6.45, 7) is 3.80. The summed E-state index contributed by atoms with van der Waals surface area (Å²) in [5.74, 6) is 0.399. The Kier molecular flexibility index (Phi) is 3.89. The van der Waals surface area contributed by atoms with E-state index in [1.54, 1.807) is 10.7 Å². The fourth-order valence-electron chi connectivity index (χ4n) is 4.55. The van der Waals surface area contributed by atoms with E-state index in [4.69, 9.17) is 0 Å². The lowest BCUT2D eigenvalue weighted by Crippen LogP contribution is -2.49. The molecule has 7 nitrogen and oxygen atoms in total. The first-order chi connectivity index (χ1) is 13.6. The van der Waals surface area contributed by atoms with Crippen LogP contribution >= 0.6 is 0 Å². The van der Waals surface area contributed by atoms with E-state index in [9.17, 15) is 9.59 Å². The second kappa shape index (κ2) is 6.44. The Labute approximate surface area is 162 Å². The van der Waals surface area contributed by atoms with Crippen LogP contribution in [0.5, 0.6) is 0 Å². The highest BCUT2D eigenvalue weighted by atomic mass is 16.2. The Hall–Kier alpha value is -3.22. The summed E-state index contributed by atoms with van der Waals surface area (Å²) in [4.78, 5) is 27.3. The molecule has 2 aliphatic heterocycles. The van der Waals surface area contributed by atoms with Gasteiger partial charge in [0, 0.05) is 37.3 Å². The van der Waals surface area contributed by atoms with Crippen LogP contribution in [0.2, 0.25) is 0 Å². The lowest BCUT2D eigenvalue weighted by molar-refractivity contribution is 0.0588. The van der Waals surface area contributed by atoms with Crippen LogP contribution in [0, 0.1) is 12.8 Å². The summed E-state index contributed by atoms with van der Waals surface area (Å²) >= 11 is 0. The van der Waals surface area contributed by atoms with Gasteiger partial charge in [0.2, 0.25) is 0 Å². The molecule has 2 aliphatic rings. The molecule has 3 aromatic rings. The van der Waals surface area contributed by atoms with E-state index in [1.165, 1.54) is 0 Å². The number of hydrogen-bond donors (Lipinski definition) is 0. The van der Waals surface area contributed by atoms with Gasteiger partial charge in [0.05, 0.1) is 11.4 Å². The van der Waals surface area contributed by atoms with Crippen molar-refractivity contribution in [3.05, 3.63) is 76.0 Å². The molecular weight excluding hydrogens is 354 g/mol. The van der Waals surface area contributed by atoms with Gasteiger partial charge in [0.25, 0.3) is 11.5 Å². The highest BCUT2D eigenvalue weighted by molar-refractivity contribution is 5.93. The number of hydrogen-bond acceptors (Lipinski definition) is 4. The van der Waals surface area contributed by atoms with Gasteiger partial charge in [-0.1, -0.05) is 29.5 Å². The monoisotopic (exact) mass is 375 g/mol. The molecule has 2 atom stereocenters. The van der Waals surface area contributed by atoms with Gasteiger partial charge in [-0.15, -0.1) is 5.10 Å². The summed E-state index contributed by atoms with van der Waals surface area (Å²) in [7, 11) is 0. The Bertz CT molecular complexity index is 1100. The molecule has 0 N–H and O–H groups in total. The third kappa shape index (κ3) is 2.66. The van der Waals surface area contributed by atoms with Gasteiger partial charge in [-0.25, -0.2) is 4.68 Å². The molecule has 1 fully saturated rings. The van der Waals surface area contributed by atoms with Crippen molar-refractivity contribution in [3.8, 4) is 5.69 Å². The molecule has 2 aromatic heterocycles. The zero-order valence-electron chi connectivity index (χ0n) is 15.7. The quantitative estimate of drug-likeness (QED) is 0.687. The largest absolute Gasteiger partial charge is 0.336 e. The number of carbonyl (C=O) groups excluding carboxylic acids is 1. The maximum absolute atomic E-state index is 13.2. The molecular formula is C21H21N5O2. The zero-order valence-corrected chi connectivity index (χ0v) is 15.7. The summed E-state index contributed by atoms with van der Waals surface area (Å²) in [5, 5.41) is 8.38. The van der Waals surface area contributed by atoms with Gasteiger partial charge in [-0.3, -0.25) is 9.59 Å². The summed E-state index contributed by atoms with van der Waals surface area (Å²) in [5.41, 5.74) is 3.10. The minimum Gasteiger partial charge on any atom is -0.336 e. The van der Waals surface area contributed by atoms with E-state index < -0.39 is 0 Å². The maximum Gasteiger partial charge on any atom is 0.276 e. The molecule has 5 rings (SSSR count). The minimum atomic E-state index is -0.0823. The topological polar surface area (TPSA) is 73.0 Å². The minimum absolute atomic E-state index is 0.0497. The normalized spacial score (nSPS) is 20.7. The number of para-hydroxylation sites is 1. The fourth-order valence-corrected chi connectivity index (χ4v) is 4.55. The first kappa shape index (κ1) is 16.9. The van der Waals surface area contributed by atoms with Crippen LogP contribution in [-0.4, -0.2) is 43.5 Å². The molecule has 0 saturated carbocycles. The number of fused-ring (bicyclic) bond motifs is 4. The van der Waals surface area contributed by atoms with Crippen LogP contribution < -0.4 is 5.56 Å². The fraction of sp³-hybridized carbons (Fsp3) is 0.333. The van der Waals surface area contributed by atoms with Crippen LogP contribution in [-0.2, 0) is 6.54 Å². The number of pyridine rings is 1. The number of aromatic nitrogens is 4. The van der Waals surface area contributed by atoms with E-state index in [0.29, 0.717) is 31.2 Å². The molecule has 28 heavy (non-hydrogen) atoms. The predicted octanol–water partition coefficient (Wildman–Crippen LogP) is 2.00. The van der Waals surface area contributed by atoms with E-state index in [0.717, 1.165) is 23.5 Å². The molecule has 7 heteroatoms. The average Bonchev–Trinajstić information content (AvgIpc) is 3.10. The van der Waals surface area contributed by atoms with Gasteiger partial charge < -0.3 is 9.47 Å². The van der Waals surface area contributed by atoms with E-state index >= 15 is 0 Å². The maximum atomic E-state index is 13.2. The van der Waals surface area contributed by atoms with Crippen molar-refractivity contribution in [2.75, 3.05) is 13.1 Å². The molecule has 1 saturated heterocycles. The third-order valence-electron chi connectivity index (χ3n) is 5.86. The number of piperidine rings is 1. The number of likely N-dealkylation sites (tertiary alicyclic amines) is 1. The van der Waals surface area contributed by atoms with Crippen molar-refractivity contribution >= 4 is 5.91 Å². The number of benzene rings is 1. The second-order valence-corrected chi connectivity index (χ2v) is 7.68. The Balaban J connectivity index is 1.43.